The Kier molecular flexibility index (Phi) is 3.66. The Morgan fingerprint density at radius 1 is 0.793 bits per heavy atom. The fourth-order valence-corrected chi connectivity index (χ4v) is 4.51. The average Bonchev–Trinajstić information content (AvgIpc) is 3.28. The van der Waals surface area contributed by atoms with Gasteiger partial charge in [0.25, 0.3) is 0 Å². The number of aromatic nitrogens is 5. The minimum atomic E-state index is 0.745. The van der Waals surface area contributed by atoms with Crippen molar-refractivity contribution in [2.75, 3.05) is 0 Å². The summed E-state index contributed by atoms with van der Waals surface area (Å²) in [6.07, 6.45) is 10.1. The normalized spacial score (nSPS) is 13.7. The highest BCUT2D eigenvalue weighted by molar-refractivity contribution is 6.07. The second-order valence-electron chi connectivity index (χ2n) is 7.57. The minimum Gasteiger partial charge on any atom is -0.278 e. The highest BCUT2D eigenvalue weighted by Crippen LogP contribution is 2.38. The molecular formula is C24H19N5. The number of nitrogens with zero attached hydrogens (tertiary/aromatic N) is 4. The highest BCUT2D eigenvalue weighted by Gasteiger charge is 2.21. The summed E-state index contributed by atoms with van der Waals surface area (Å²) in [5.41, 5.74) is 8.23. The monoisotopic (exact) mass is 377 g/mol. The van der Waals surface area contributed by atoms with Gasteiger partial charge in [-0.05, 0) is 55.0 Å². The van der Waals surface area contributed by atoms with E-state index in [2.05, 4.69) is 56.6 Å². The van der Waals surface area contributed by atoms with Crippen LogP contribution in [0.5, 0.6) is 0 Å². The molecule has 1 aliphatic rings. The molecule has 0 aliphatic heterocycles. The molecule has 0 fully saturated rings. The number of H-pyrrole nitrogens is 1. The van der Waals surface area contributed by atoms with Gasteiger partial charge in [-0.1, -0.05) is 24.3 Å². The Hall–Kier alpha value is -3.60. The molecule has 2 aromatic carbocycles. The minimum absolute atomic E-state index is 0.745. The van der Waals surface area contributed by atoms with Gasteiger partial charge >= 0.3 is 0 Å². The summed E-state index contributed by atoms with van der Waals surface area (Å²) in [5.74, 6) is 0.745. The van der Waals surface area contributed by atoms with E-state index in [9.17, 15) is 0 Å². The fraction of sp³-hybridized carbons (Fsp3) is 0.167. The van der Waals surface area contributed by atoms with Crippen LogP contribution >= 0.6 is 0 Å². The van der Waals surface area contributed by atoms with E-state index >= 15 is 0 Å². The maximum Gasteiger partial charge on any atom is 0.159 e. The van der Waals surface area contributed by atoms with Gasteiger partial charge in [0, 0.05) is 34.3 Å². The van der Waals surface area contributed by atoms with Crippen molar-refractivity contribution < 1.29 is 0 Å². The number of hydrogen-bond donors (Lipinski definition) is 1. The zero-order valence-corrected chi connectivity index (χ0v) is 15.9. The number of fused-ring (bicyclic) bond motifs is 5. The molecule has 5 heteroatoms. The molecule has 0 saturated carbocycles. The van der Waals surface area contributed by atoms with Gasteiger partial charge < -0.3 is 0 Å². The first kappa shape index (κ1) is 16.4. The smallest absolute Gasteiger partial charge is 0.159 e. The maximum absolute atomic E-state index is 5.12. The summed E-state index contributed by atoms with van der Waals surface area (Å²) in [6.45, 7) is 0. The molecule has 0 bridgehead atoms. The van der Waals surface area contributed by atoms with Crippen molar-refractivity contribution in [3.05, 3.63) is 72.2 Å². The van der Waals surface area contributed by atoms with Crippen molar-refractivity contribution in [2.45, 2.75) is 25.7 Å². The van der Waals surface area contributed by atoms with Gasteiger partial charge in [-0.3, -0.25) is 5.10 Å². The van der Waals surface area contributed by atoms with Crippen molar-refractivity contribution >= 4 is 21.8 Å². The largest absolute Gasteiger partial charge is 0.278 e. The summed E-state index contributed by atoms with van der Waals surface area (Å²) < 4.78 is 0. The first-order valence-corrected chi connectivity index (χ1v) is 10.0. The Morgan fingerprint density at radius 3 is 2.38 bits per heavy atom. The van der Waals surface area contributed by atoms with Crippen LogP contribution < -0.4 is 0 Å². The first-order chi connectivity index (χ1) is 14.4. The molecule has 140 valence electrons. The van der Waals surface area contributed by atoms with Crippen molar-refractivity contribution in [1.29, 1.82) is 0 Å². The maximum atomic E-state index is 5.12. The summed E-state index contributed by atoms with van der Waals surface area (Å²) in [7, 11) is 0. The average molecular weight is 377 g/mol. The zero-order chi connectivity index (χ0) is 19.2. The van der Waals surface area contributed by atoms with E-state index in [4.69, 9.17) is 4.98 Å². The van der Waals surface area contributed by atoms with Crippen molar-refractivity contribution in [2.24, 2.45) is 0 Å². The Labute approximate surface area is 167 Å². The lowest BCUT2D eigenvalue weighted by molar-refractivity contribution is 0.689. The van der Waals surface area contributed by atoms with Crippen LogP contribution in [0.15, 0.2) is 61.1 Å². The Morgan fingerprint density at radius 2 is 1.55 bits per heavy atom. The van der Waals surface area contributed by atoms with Gasteiger partial charge in [-0.2, -0.15) is 5.10 Å². The lowest BCUT2D eigenvalue weighted by Crippen LogP contribution is -2.07. The molecule has 29 heavy (non-hydrogen) atoms. The number of aryl methyl sites for hydroxylation is 1. The standard InChI is InChI=1S/C24H19N5/c1-2-5-18-17(4-1)22-19-14-27-29-20(19)10-11-21(22)28-23(18)15-6-8-16(9-7-15)24-25-12-3-13-26-24/h3,6-14H,1-2,4-5H2,(H,27,29). The van der Waals surface area contributed by atoms with Gasteiger partial charge in [0.05, 0.1) is 22.9 Å². The predicted octanol–water partition coefficient (Wildman–Crippen LogP) is 5.11. The van der Waals surface area contributed by atoms with Crippen LogP contribution in [-0.2, 0) is 12.8 Å². The van der Waals surface area contributed by atoms with Crippen molar-refractivity contribution in [3.8, 4) is 22.6 Å². The van der Waals surface area contributed by atoms with E-state index in [0.29, 0.717) is 0 Å². The van der Waals surface area contributed by atoms with Crippen LogP contribution in [0, 0.1) is 0 Å². The SMILES string of the molecule is c1cnc(-c2ccc(-c3nc4ccc5[nH]ncc5c4c4c3CCCC4)cc2)nc1. The van der Waals surface area contributed by atoms with Gasteiger partial charge in [-0.15, -0.1) is 0 Å². The fourth-order valence-electron chi connectivity index (χ4n) is 4.51. The van der Waals surface area contributed by atoms with Crippen molar-refractivity contribution in [1.82, 2.24) is 25.1 Å². The van der Waals surface area contributed by atoms with Crippen LogP contribution in [0.25, 0.3) is 44.5 Å². The molecular weight excluding hydrogens is 358 g/mol. The van der Waals surface area contributed by atoms with Crippen molar-refractivity contribution in [3.63, 3.8) is 0 Å². The molecule has 5 aromatic rings. The zero-order valence-electron chi connectivity index (χ0n) is 15.9. The second-order valence-corrected chi connectivity index (χ2v) is 7.57. The topological polar surface area (TPSA) is 67.3 Å². The quantitative estimate of drug-likeness (QED) is 0.464. The van der Waals surface area contributed by atoms with Gasteiger partial charge in [0.1, 0.15) is 0 Å². The molecule has 5 nitrogen and oxygen atoms in total. The number of aromatic amines is 1. The third-order valence-electron chi connectivity index (χ3n) is 5.87. The summed E-state index contributed by atoms with van der Waals surface area (Å²) in [5, 5.41) is 9.80. The molecule has 0 unspecified atom stereocenters. The lowest BCUT2D eigenvalue weighted by atomic mass is 9.85. The van der Waals surface area contributed by atoms with Crippen LogP contribution in [0.3, 0.4) is 0 Å². The third-order valence-corrected chi connectivity index (χ3v) is 5.87. The van der Waals surface area contributed by atoms with Gasteiger partial charge in [-0.25, -0.2) is 15.0 Å². The highest BCUT2D eigenvalue weighted by atomic mass is 15.1. The molecule has 0 amide bonds. The number of hydrogen-bond acceptors (Lipinski definition) is 4. The van der Waals surface area contributed by atoms with E-state index in [1.54, 1.807) is 12.4 Å². The van der Waals surface area contributed by atoms with E-state index in [1.807, 2.05) is 12.3 Å². The van der Waals surface area contributed by atoms with E-state index in [0.717, 1.165) is 46.5 Å². The number of benzene rings is 2. The molecule has 0 saturated heterocycles. The lowest BCUT2D eigenvalue weighted by Gasteiger charge is -2.22. The Balaban J connectivity index is 1.55. The van der Waals surface area contributed by atoms with E-state index in [-0.39, 0.29) is 0 Å². The summed E-state index contributed by atoms with van der Waals surface area (Å²) >= 11 is 0. The van der Waals surface area contributed by atoms with E-state index < -0.39 is 0 Å². The molecule has 3 heterocycles. The predicted molar refractivity (Wildman–Crippen MR) is 114 cm³/mol. The number of nitrogens with one attached hydrogen (secondary N) is 1. The number of rotatable bonds is 2. The van der Waals surface area contributed by atoms with E-state index in [1.165, 1.54) is 34.7 Å². The van der Waals surface area contributed by atoms with Crippen LogP contribution in [-0.4, -0.2) is 25.1 Å². The van der Waals surface area contributed by atoms with Crippen LogP contribution in [0.1, 0.15) is 24.0 Å². The Bertz CT molecular complexity index is 1340. The second kappa shape index (κ2) is 6.48. The molecule has 1 N–H and O–H groups in total. The molecule has 3 aromatic heterocycles. The summed E-state index contributed by atoms with van der Waals surface area (Å²) in [4.78, 5) is 13.8. The van der Waals surface area contributed by atoms with Gasteiger partial charge in [0.15, 0.2) is 5.82 Å². The molecule has 0 radical (unpaired) electrons. The first-order valence-electron chi connectivity index (χ1n) is 10.0. The third kappa shape index (κ3) is 2.62. The molecule has 6 rings (SSSR count). The van der Waals surface area contributed by atoms with Crippen LogP contribution in [0.2, 0.25) is 0 Å². The van der Waals surface area contributed by atoms with Crippen LogP contribution in [0.4, 0.5) is 0 Å². The molecule has 0 spiro atoms. The molecule has 1 aliphatic carbocycles. The number of pyridine rings is 1. The molecule has 0 atom stereocenters. The summed E-state index contributed by atoms with van der Waals surface area (Å²) in [6, 6.07) is 14.5. The van der Waals surface area contributed by atoms with Gasteiger partial charge in [0.2, 0.25) is 0 Å².